The summed E-state index contributed by atoms with van der Waals surface area (Å²) in [7, 11) is 0. The lowest BCUT2D eigenvalue weighted by molar-refractivity contribution is -0.120. The van der Waals surface area contributed by atoms with Crippen LogP contribution < -0.4 is 10.1 Å². The molecule has 6 nitrogen and oxygen atoms in total. The van der Waals surface area contributed by atoms with Gasteiger partial charge in [-0.05, 0) is 46.5 Å². The molecule has 0 fully saturated rings. The van der Waals surface area contributed by atoms with Crippen LogP contribution in [0.2, 0.25) is 0 Å². The minimum absolute atomic E-state index is 0.111. The predicted octanol–water partition coefficient (Wildman–Crippen LogP) is 5.36. The van der Waals surface area contributed by atoms with E-state index in [2.05, 4.69) is 10.5 Å². The molecule has 0 bridgehead atoms. The van der Waals surface area contributed by atoms with Crippen LogP contribution in [0.15, 0.2) is 78.0 Å². The van der Waals surface area contributed by atoms with E-state index in [1.165, 1.54) is 6.07 Å². The summed E-state index contributed by atoms with van der Waals surface area (Å²) in [5.74, 6) is -0.606. The molecule has 0 aromatic heterocycles. The Labute approximate surface area is 180 Å². The number of aromatic hydroxyl groups is 1. The third-order valence-corrected chi connectivity index (χ3v) is 5.30. The number of nitroso groups, excluding NO2 is 1. The molecule has 0 spiro atoms. The largest absolute Gasteiger partial charge is 0.503 e. The fraction of sp³-hybridized carbons (Fsp3) is 0.160. The van der Waals surface area contributed by atoms with Crippen LogP contribution in [0.25, 0.3) is 11.3 Å². The first-order chi connectivity index (χ1) is 15.1. The van der Waals surface area contributed by atoms with Crippen LogP contribution in [0.4, 0.5) is 5.69 Å². The van der Waals surface area contributed by atoms with Crippen LogP contribution in [0.1, 0.15) is 36.0 Å². The summed E-state index contributed by atoms with van der Waals surface area (Å²) in [4.78, 5) is 24.1. The van der Waals surface area contributed by atoms with Crippen molar-refractivity contribution < 1.29 is 14.6 Å². The van der Waals surface area contributed by atoms with Crippen molar-refractivity contribution in [1.29, 1.82) is 0 Å². The van der Waals surface area contributed by atoms with Gasteiger partial charge in [0.2, 0.25) is 5.91 Å². The number of ether oxygens (including phenoxy) is 1. The first-order valence-electron chi connectivity index (χ1n) is 10.1. The molecule has 6 heteroatoms. The van der Waals surface area contributed by atoms with Crippen molar-refractivity contribution in [2.24, 2.45) is 5.18 Å². The SMILES string of the molecule is CCOc1cc(C2CC(=O)NC(c3ccccc3)=C2c2ccccc2)cc(N=O)c1O. The maximum absolute atomic E-state index is 12.7. The average Bonchev–Trinajstić information content (AvgIpc) is 2.81. The normalized spacial score (nSPS) is 16.0. The maximum atomic E-state index is 12.7. The molecule has 1 heterocycles. The Morgan fingerprint density at radius 1 is 1.03 bits per heavy atom. The van der Waals surface area contributed by atoms with Gasteiger partial charge in [0.15, 0.2) is 17.2 Å². The van der Waals surface area contributed by atoms with Crippen molar-refractivity contribution in [3.05, 3.63) is 94.4 Å². The Balaban J connectivity index is 1.97. The van der Waals surface area contributed by atoms with Crippen LogP contribution in [0, 0.1) is 4.91 Å². The van der Waals surface area contributed by atoms with Crippen LogP contribution in [0.5, 0.6) is 11.5 Å². The number of phenols is 1. The quantitative estimate of drug-likeness (QED) is 0.532. The number of carbonyl (C=O) groups is 1. The van der Waals surface area contributed by atoms with Gasteiger partial charge in [0.25, 0.3) is 0 Å². The lowest BCUT2D eigenvalue weighted by atomic mass is 9.79. The van der Waals surface area contributed by atoms with Gasteiger partial charge >= 0.3 is 0 Å². The second-order valence-corrected chi connectivity index (χ2v) is 7.24. The summed E-state index contributed by atoms with van der Waals surface area (Å²) in [6, 6.07) is 22.7. The number of nitrogens with zero attached hydrogens (tertiary/aromatic N) is 1. The number of hydrogen-bond acceptors (Lipinski definition) is 5. The van der Waals surface area contributed by atoms with E-state index in [4.69, 9.17) is 4.74 Å². The predicted molar refractivity (Wildman–Crippen MR) is 120 cm³/mol. The molecule has 3 aromatic rings. The Hall–Kier alpha value is -3.93. The number of rotatable bonds is 6. The summed E-state index contributed by atoms with van der Waals surface area (Å²) >= 11 is 0. The first kappa shape index (κ1) is 20.3. The minimum Gasteiger partial charge on any atom is -0.503 e. The zero-order chi connectivity index (χ0) is 21.8. The average molecular weight is 414 g/mol. The van der Waals surface area contributed by atoms with E-state index in [9.17, 15) is 14.8 Å². The molecule has 1 unspecified atom stereocenters. The van der Waals surface area contributed by atoms with Crippen molar-refractivity contribution in [2.75, 3.05) is 6.61 Å². The molecule has 0 aliphatic carbocycles. The van der Waals surface area contributed by atoms with Crippen molar-refractivity contribution in [2.45, 2.75) is 19.3 Å². The lowest BCUT2D eigenvalue weighted by Crippen LogP contribution is -2.31. The molecule has 1 atom stereocenters. The second kappa shape index (κ2) is 8.83. The van der Waals surface area contributed by atoms with Crippen molar-refractivity contribution >= 4 is 22.9 Å². The highest BCUT2D eigenvalue weighted by Crippen LogP contribution is 2.46. The fourth-order valence-electron chi connectivity index (χ4n) is 3.95. The molecular formula is C25H22N2O4. The van der Waals surface area contributed by atoms with Gasteiger partial charge < -0.3 is 15.2 Å². The number of nitrogens with one attached hydrogen (secondary N) is 1. The highest BCUT2D eigenvalue weighted by Gasteiger charge is 2.32. The Morgan fingerprint density at radius 3 is 2.29 bits per heavy atom. The van der Waals surface area contributed by atoms with E-state index < -0.39 is 0 Å². The van der Waals surface area contributed by atoms with Gasteiger partial charge in [-0.25, -0.2) is 0 Å². The van der Waals surface area contributed by atoms with Crippen LogP contribution in [0.3, 0.4) is 0 Å². The van der Waals surface area contributed by atoms with Gasteiger partial charge in [0.05, 0.1) is 12.3 Å². The van der Waals surface area contributed by atoms with Gasteiger partial charge in [0.1, 0.15) is 0 Å². The van der Waals surface area contributed by atoms with Gasteiger partial charge in [0, 0.05) is 12.3 Å². The molecule has 4 rings (SSSR count). The molecule has 31 heavy (non-hydrogen) atoms. The molecule has 0 saturated carbocycles. The number of benzene rings is 3. The number of carbonyl (C=O) groups excluding carboxylic acids is 1. The third-order valence-electron chi connectivity index (χ3n) is 5.30. The van der Waals surface area contributed by atoms with Gasteiger partial charge in [-0.2, -0.15) is 0 Å². The highest BCUT2D eigenvalue weighted by atomic mass is 16.5. The van der Waals surface area contributed by atoms with Crippen molar-refractivity contribution in [1.82, 2.24) is 5.32 Å². The summed E-state index contributed by atoms with van der Waals surface area (Å²) in [6.07, 6.45) is 0.190. The monoisotopic (exact) mass is 414 g/mol. The fourth-order valence-corrected chi connectivity index (χ4v) is 3.95. The number of phenolic OH excluding ortho intramolecular Hbond substituents is 1. The molecule has 0 radical (unpaired) electrons. The number of amides is 1. The van der Waals surface area contributed by atoms with Crippen LogP contribution in [-0.4, -0.2) is 17.6 Å². The molecule has 1 aliphatic heterocycles. The zero-order valence-electron chi connectivity index (χ0n) is 17.0. The molecule has 2 N–H and O–H groups in total. The molecule has 156 valence electrons. The number of allylic oxidation sites excluding steroid dienone is 1. The first-order valence-corrected chi connectivity index (χ1v) is 10.1. The van der Waals surface area contributed by atoms with Gasteiger partial charge in [-0.15, -0.1) is 4.91 Å². The highest BCUT2D eigenvalue weighted by molar-refractivity contribution is 6.04. The molecule has 1 amide bonds. The van der Waals surface area contributed by atoms with E-state index in [-0.39, 0.29) is 35.4 Å². The summed E-state index contributed by atoms with van der Waals surface area (Å²) in [5, 5.41) is 16.3. The summed E-state index contributed by atoms with van der Waals surface area (Å²) in [6.45, 7) is 2.11. The Morgan fingerprint density at radius 2 is 1.68 bits per heavy atom. The van der Waals surface area contributed by atoms with Gasteiger partial charge in [-0.3, -0.25) is 4.79 Å². The smallest absolute Gasteiger partial charge is 0.225 e. The van der Waals surface area contributed by atoms with Gasteiger partial charge in [-0.1, -0.05) is 60.7 Å². The summed E-state index contributed by atoms with van der Waals surface area (Å²) < 4.78 is 5.52. The van der Waals surface area contributed by atoms with Crippen LogP contribution in [-0.2, 0) is 4.79 Å². The molecular weight excluding hydrogens is 392 g/mol. The second-order valence-electron chi connectivity index (χ2n) is 7.24. The van der Waals surface area contributed by atoms with E-state index >= 15 is 0 Å². The standard InChI is InChI=1S/C25H22N2O4/c1-2-31-21-14-18(13-20(27-30)25(21)29)19-15-22(28)26-24(17-11-7-4-8-12-17)23(19)16-9-5-3-6-10-16/h3-14,19,29H,2,15H2,1H3,(H,26,28). The number of hydrogen-bond donors (Lipinski definition) is 2. The molecule has 0 saturated heterocycles. The van der Waals surface area contributed by atoms with Crippen molar-refractivity contribution in [3.8, 4) is 11.5 Å². The third kappa shape index (κ3) is 4.05. The summed E-state index contributed by atoms with van der Waals surface area (Å²) in [5.41, 5.74) is 4.06. The van der Waals surface area contributed by atoms with E-state index in [1.54, 1.807) is 13.0 Å². The van der Waals surface area contributed by atoms with Crippen LogP contribution >= 0.6 is 0 Å². The van der Waals surface area contributed by atoms with E-state index in [0.717, 1.165) is 22.4 Å². The molecule has 3 aromatic carbocycles. The van der Waals surface area contributed by atoms with E-state index in [1.807, 2.05) is 60.7 Å². The Kier molecular flexibility index (Phi) is 5.80. The minimum atomic E-state index is -0.355. The van der Waals surface area contributed by atoms with Crippen molar-refractivity contribution in [3.63, 3.8) is 0 Å². The Bertz CT molecular complexity index is 1140. The zero-order valence-corrected chi connectivity index (χ0v) is 17.0. The maximum Gasteiger partial charge on any atom is 0.225 e. The lowest BCUT2D eigenvalue weighted by Gasteiger charge is -2.30. The molecule has 1 aliphatic rings. The van der Waals surface area contributed by atoms with E-state index in [0.29, 0.717) is 12.2 Å². The topological polar surface area (TPSA) is 88.0 Å².